The second kappa shape index (κ2) is 5.29. The van der Waals surface area contributed by atoms with Gasteiger partial charge in [0.25, 0.3) is 0 Å². The molecule has 0 aliphatic heterocycles. The largest absolute Gasteiger partial charge is 0.289 e. The summed E-state index contributed by atoms with van der Waals surface area (Å²) in [4.78, 5) is 12.2. The summed E-state index contributed by atoms with van der Waals surface area (Å²) in [5, 5.41) is 0.607. The van der Waals surface area contributed by atoms with Gasteiger partial charge in [-0.1, -0.05) is 36.6 Å². The molecule has 1 atom stereocenters. The number of carbonyl (C=O) groups excluding carboxylic acids is 1. The number of carbonyl (C=O) groups is 1. The lowest BCUT2D eigenvalue weighted by Crippen LogP contribution is -2.02. The normalized spacial score (nSPS) is 17.4. The van der Waals surface area contributed by atoms with Crippen LogP contribution in [0.3, 0.4) is 0 Å². The molecule has 2 rings (SSSR count). The first-order valence-electron chi connectivity index (χ1n) is 5.74. The Kier molecular flexibility index (Phi) is 4.00. The minimum Gasteiger partial charge on any atom is -0.289 e. The second-order valence-corrected chi connectivity index (χ2v) is 6.35. The predicted molar refractivity (Wildman–Crippen MR) is 71.1 cm³/mol. The molecular formula is C13H16ClOP. The lowest BCUT2D eigenvalue weighted by molar-refractivity contribution is 0.108. The van der Waals surface area contributed by atoms with Crippen LogP contribution < -0.4 is 0 Å². The summed E-state index contributed by atoms with van der Waals surface area (Å²) in [5.41, 5.74) is 2.61. The molecule has 0 amide bonds. The van der Waals surface area contributed by atoms with E-state index in [0.29, 0.717) is 19.3 Å². The van der Waals surface area contributed by atoms with Crippen molar-refractivity contribution in [2.24, 2.45) is 0 Å². The summed E-state index contributed by atoms with van der Waals surface area (Å²) in [7, 11) is 0.407. The van der Waals surface area contributed by atoms with Crippen LogP contribution >= 0.6 is 20.2 Å². The third-order valence-electron chi connectivity index (χ3n) is 3.14. The minimum atomic E-state index is 0.245. The van der Waals surface area contributed by atoms with E-state index in [1.165, 1.54) is 25.7 Å². The summed E-state index contributed by atoms with van der Waals surface area (Å²) in [6.45, 7) is 1.96. The van der Waals surface area contributed by atoms with Crippen LogP contribution in [0.25, 0.3) is 0 Å². The molecule has 1 saturated carbocycles. The van der Waals surface area contributed by atoms with Gasteiger partial charge in [0.1, 0.15) is 0 Å². The number of halogens is 1. The zero-order chi connectivity index (χ0) is 11.5. The first kappa shape index (κ1) is 12.1. The summed E-state index contributed by atoms with van der Waals surface area (Å²) >= 11 is 6.09. The molecule has 0 spiro atoms. The van der Waals surface area contributed by atoms with Gasteiger partial charge in [-0.2, -0.15) is 0 Å². The van der Waals surface area contributed by atoms with Crippen molar-refractivity contribution >= 4 is 25.7 Å². The van der Waals surface area contributed by atoms with Gasteiger partial charge in [-0.3, -0.25) is 4.79 Å². The summed E-state index contributed by atoms with van der Waals surface area (Å²) in [6.07, 6.45) is 5.00. The average molecular weight is 255 g/mol. The van der Waals surface area contributed by atoms with Crippen LogP contribution in [0, 0.1) is 6.92 Å². The summed E-state index contributed by atoms with van der Waals surface area (Å²) in [5.74, 6) is 0. The van der Waals surface area contributed by atoms with Gasteiger partial charge in [-0.05, 0) is 45.6 Å². The van der Waals surface area contributed by atoms with Crippen LogP contribution in [0.4, 0.5) is 0 Å². The number of hydrogen-bond donors (Lipinski definition) is 0. The zero-order valence-electron chi connectivity index (χ0n) is 9.42. The molecule has 0 aromatic heterocycles. The van der Waals surface area contributed by atoms with E-state index in [-0.39, 0.29) is 5.52 Å². The molecule has 0 radical (unpaired) electrons. The lowest BCUT2D eigenvalue weighted by atomic mass is 10.1. The quantitative estimate of drug-likeness (QED) is 0.730. The van der Waals surface area contributed by atoms with Gasteiger partial charge in [0.2, 0.25) is 0 Å². The van der Waals surface area contributed by atoms with Gasteiger partial charge in [0, 0.05) is 5.56 Å². The molecule has 1 aliphatic carbocycles. The minimum absolute atomic E-state index is 0.245. The van der Waals surface area contributed by atoms with Crippen LogP contribution in [0.5, 0.6) is 0 Å². The molecule has 0 heterocycles. The van der Waals surface area contributed by atoms with Crippen LogP contribution in [0.2, 0.25) is 5.02 Å². The Morgan fingerprint density at radius 1 is 1.38 bits per heavy atom. The maximum absolute atomic E-state index is 12.2. The third kappa shape index (κ3) is 2.64. The SMILES string of the molecule is Cc1cccc(Cl)c1C(=O)PC1CCCC1. The highest BCUT2D eigenvalue weighted by molar-refractivity contribution is 7.59. The van der Waals surface area contributed by atoms with E-state index in [1.807, 2.05) is 19.1 Å². The molecule has 1 aliphatic rings. The van der Waals surface area contributed by atoms with E-state index in [4.69, 9.17) is 11.6 Å². The van der Waals surface area contributed by atoms with Crippen LogP contribution in [-0.2, 0) is 0 Å². The van der Waals surface area contributed by atoms with Gasteiger partial charge in [0.15, 0.2) is 5.52 Å². The van der Waals surface area contributed by atoms with E-state index < -0.39 is 0 Å². The van der Waals surface area contributed by atoms with Gasteiger partial charge < -0.3 is 0 Å². The smallest absolute Gasteiger partial charge is 0.183 e. The van der Waals surface area contributed by atoms with Crippen molar-refractivity contribution in [1.82, 2.24) is 0 Å². The molecule has 1 aromatic rings. The maximum Gasteiger partial charge on any atom is 0.183 e. The van der Waals surface area contributed by atoms with Crippen LogP contribution in [-0.4, -0.2) is 11.2 Å². The molecule has 0 N–H and O–H groups in total. The monoisotopic (exact) mass is 254 g/mol. The molecule has 0 saturated heterocycles. The van der Waals surface area contributed by atoms with E-state index in [1.54, 1.807) is 6.07 Å². The van der Waals surface area contributed by atoms with Crippen molar-refractivity contribution in [3.63, 3.8) is 0 Å². The van der Waals surface area contributed by atoms with E-state index in [2.05, 4.69) is 0 Å². The van der Waals surface area contributed by atoms with Gasteiger partial charge in [-0.15, -0.1) is 0 Å². The average Bonchev–Trinajstić information content (AvgIpc) is 2.70. The molecule has 3 heteroatoms. The van der Waals surface area contributed by atoms with Crippen molar-refractivity contribution in [3.8, 4) is 0 Å². The molecule has 86 valence electrons. The van der Waals surface area contributed by atoms with Crippen molar-refractivity contribution in [2.45, 2.75) is 38.3 Å². The Morgan fingerprint density at radius 3 is 2.69 bits per heavy atom. The molecule has 1 fully saturated rings. The number of hydrogen-bond acceptors (Lipinski definition) is 1. The topological polar surface area (TPSA) is 17.1 Å². The van der Waals surface area contributed by atoms with E-state index in [0.717, 1.165) is 11.1 Å². The van der Waals surface area contributed by atoms with Crippen molar-refractivity contribution < 1.29 is 4.79 Å². The second-order valence-electron chi connectivity index (χ2n) is 4.39. The lowest BCUT2D eigenvalue weighted by Gasteiger charge is -2.11. The standard InChI is InChI=1S/C13H16ClOP/c1-9-5-4-8-11(14)12(9)13(15)16-10-6-2-3-7-10/h4-5,8,10,16H,2-3,6-7H2,1H3. The predicted octanol–water partition coefficient (Wildman–Crippen LogP) is 4.41. The highest BCUT2D eigenvalue weighted by atomic mass is 35.5. The molecule has 1 nitrogen and oxygen atoms in total. The van der Waals surface area contributed by atoms with Crippen molar-refractivity contribution in [3.05, 3.63) is 34.3 Å². The Balaban J connectivity index is 2.13. The Morgan fingerprint density at radius 2 is 2.06 bits per heavy atom. The third-order valence-corrected chi connectivity index (χ3v) is 4.95. The first-order valence-corrected chi connectivity index (χ1v) is 7.20. The van der Waals surface area contributed by atoms with Crippen LogP contribution in [0.1, 0.15) is 41.6 Å². The number of benzene rings is 1. The number of aryl methyl sites for hydroxylation is 1. The highest BCUT2D eigenvalue weighted by Crippen LogP contribution is 2.38. The molecule has 16 heavy (non-hydrogen) atoms. The van der Waals surface area contributed by atoms with Crippen molar-refractivity contribution in [2.75, 3.05) is 0 Å². The summed E-state index contributed by atoms with van der Waals surface area (Å²) in [6, 6.07) is 5.66. The summed E-state index contributed by atoms with van der Waals surface area (Å²) < 4.78 is 0. The van der Waals surface area contributed by atoms with Gasteiger partial charge in [-0.25, -0.2) is 0 Å². The molecule has 1 unspecified atom stereocenters. The van der Waals surface area contributed by atoms with Gasteiger partial charge >= 0.3 is 0 Å². The van der Waals surface area contributed by atoms with E-state index in [9.17, 15) is 4.79 Å². The Hall–Kier alpha value is -0.390. The first-order chi connectivity index (χ1) is 7.68. The molecule has 1 aromatic carbocycles. The zero-order valence-corrected chi connectivity index (χ0v) is 11.2. The molecule has 0 bridgehead atoms. The maximum atomic E-state index is 12.2. The highest BCUT2D eigenvalue weighted by Gasteiger charge is 2.21. The van der Waals surface area contributed by atoms with Crippen molar-refractivity contribution in [1.29, 1.82) is 0 Å². The number of rotatable bonds is 3. The van der Waals surface area contributed by atoms with Gasteiger partial charge in [0.05, 0.1) is 5.02 Å². The fourth-order valence-electron chi connectivity index (χ4n) is 2.25. The Labute approximate surface area is 103 Å². The Bertz CT molecular complexity index is 377. The van der Waals surface area contributed by atoms with Crippen LogP contribution in [0.15, 0.2) is 18.2 Å². The fraction of sp³-hybridized carbons (Fsp3) is 0.462. The fourth-order valence-corrected chi connectivity index (χ4v) is 4.18. The van der Waals surface area contributed by atoms with E-state index >= 15 is 0 Å². The molecular weight excluding hydrogens is 239 g/mol.